The first kappa shape index (κ1) is 10.5. The topological polar surface area (TPSA) is 85.4 Å². The van der Waals surface area contributed by atoms with E-state index in [1.807, 2.05) is 0 Å². The first-order valence-electron chi connectivity index (χ1n) is 4.22. The molecule has 0 bridgehead atoms. The van der Waals surface area contributed by atoms with Gasteiger partial charge < -0.3 is 15.6 Å². The number of hydrogen-bond donors (Lipinski definition) is 2. The third-order valence-corrected chi connectivity index (χ3v) is 1.63. The quantitative estimate of drug-likeness (QED) is 0.705. The number of carbonyl (C=O) groups is 1. The van der Waals surface area contributed by atoms with Crippen LogP contribution in [0.3, 0.4) is 0 Å². The SMILES string of the molecule is N[C@@H](CCOc1ccccn1)C(=O)O. The fourth-order valence-corrected chi connectivity index (χ4v) is 0.846. The van der Waals surface area contributed by atoms with E-state index in [1.54, 1.807) is 24.4 Å². The Morgan fingerprint density at radius 1 is 1.64 bits per heavy atom. The van der Waals surface area contributed by atoms with Crippen molar-refractivity contribution in [3.63, 3.8) is 0 Å². The first-order valence-corrected chi connectivity index (χ1v) is 4.22. The maximum absolute atomic E-state index is 10.3. The summed E-state index contributed by atoms with van der Waals surface area (Å²) in [5.41, 5.74) is 5.28. The molecule has 1 aromatic rings. The number of nitrogens with zero attached hydrogens (tertiary/aromatic N) is 1. The second-order valence-corrected chi connectivity index (χ2v) is 2.75. The van der Waals surface area contributed by atoms with Crippen LogP contribution in [-0.2, 0) is 4.79 Å². The summed E-state index contributed by atoms with van der Waals surface area (Å²) >= 11 is 0. The van der Waals surface area contributed by atoms with Gasteiger partial charge in [0.15, 0.2) is 0 Å². The van der Waals surface area contributed by atoms with E-state index >= 15 is 0 Å². The number of rotatable bonds is 5. The maximum Gasteiger partial charge on any atom is 0.320 e. The molecule has 0 saturated heterocycles. The smallest absolute Gasteiger partial charge is 0.320 e. The van der Waals surface area contributed by atoms with Gasteiger partial charge in [0.2, 0.25) is 5.88 Å². The standard InChI is InChI=1S/C9H12N2O3/c10-7(9(12)13)4-6-14-8-3-1-2-5-11-8/h1-3,5,7H,4,6,10H2,(H,12,13)/t7-/m0/s1. The Balaban J connectivity index is 2.26. The lowest BCUT2D eigenvalue weighted by atomic mass is 10.2. The van der Waals surface area contributed by atoms with E-state index in [4.69, 9.17) is 15.6 Å². The molecule has 0 spiro atoms. The lowest BCUT2D eigenvalue weighted by Crippen LogP contribution is -2.31. The number of pyridine rings is 1. The minimum atomic E-state index is -1.02. The molecule has 0 radical (unpaired) electrons. The van der Waals surface area contributed by atoms with Gasteiger partial charge in [-0.15, -0.1) is 0 Å². The van der Waals surface area contributed by atoms with Crippen LogP contribution < -0.4 is 10.5 Å². The van der Waals surface area contributed by atoms with E-state index in [0.717, 1.165) is 0 Å². The van der Waals surface area contributed by atoms with Crippen LogP contribution in [0.1, 0.15) is 6.42 Å². The lowest BCUT2D eigenvalue weighted by Gasteiger charge is -2.07. The molecule has 5 nitrogen and oxygen atoms in total. The molecule has 1 rings (SSSR count). The van der Waals surface area contributed by atoms with Gasteiger partial charge in [0.25, 0.3) is 0 Å². The van der Waals surface area contributed by atoms with Gasteiger partial charge in [-0.1, -0.05) is 6.07 Å². The first-order chi connectivity index (χ1) is 6.70. The maximum atomic E-state index is 10.3. The Morgan fingerprint density at radius 2 is 2.43 bits per heavy atom. The van der Waals surface area contributed by atoms with Crippen molar-refractivity contribution in [3.8, 4) is 5.88 Å². The Bertz CT molecular complexity index is 289. The highest BCUT2D eigenvalue weighted by atomic mass is 16.5. The van der Waals surface area contributed by atoms with Gasteiger partial charge in [-0.2, -0.15) is 0 Å². The van der Waals surface area contributed by atoms with Gasteiger partial charge in [0, 0.05) is 18.7 Å². The molecule has 0 aromatic carbocycles. The van der Waals surface area contributed by atoms with E-state index in [2.05, 4.69) is 4.98 Å². The third-order valence-electron chi connectivity index (χ3n) is 1.63. The molecule has 14 heavy (non-hydrogen) atoms. The highest BCUT2D eigenvalue weighted by molar-refractivity contribution is 5.72. The average molecular weight is 196 g/mol. The van der Waals surface area contributed by atoms with Crippen LogP contribution in [0.15, 0.2) is 24.4 Å². The Kier molecular flexibility index (Phi) is 3.87. The molecular weight excluding hydrogens is 184 g/mol. The minimum Gasteiger partial charge on any atom is -0.480 e. The van der Waals surface area contributed by atoms with Gasteiger partial charge in [-0.05, 0) is 6.07 Å². The molecule has 0 fully saturated rings. The summed E-state index contributed by atoms with van der Waals surface area (Å²) in [5.74, 6) is -0.542. The van der Waals surface area contributed by atoms with Crippen LogP contribution in [0.4, 0.5) is 0 Å². The summed E-state index contributed by atoms with van der Waals surface area (Å²) in [5, 5.41) is 8.48. The van der Waals surface area contributed by atoms with Gasteiger partial charge in [-0.3, -0.25) is 4.79 Å². The van der Waals surface area contributed by atoms with E-state index in [1.165, 1.54) is 0 Å². The molecule has 0 aliphatic heterocycles. The molecule has 3 N–H and O–H groups in total. The Hall–Kier alpha value is -1.62. The number of ether oxygens (including phenoxy) is 1. The van der Waals surface area contributed by atoms with E-state index in [0.29, 0.717) is 5.88 Å². The van der Waals surface area contributed by atoms with Crippen molar-refractivity contribution in [2.45, 2.75) is 12.5 Å². The second-order valence-electron chi connectivity index (χ2n) is 2.75. The molecule has 0 aliphatic rings. The van der Waals surface area contributed by atoms with Crippen molar-refractivity contribution in [2.75, 3.05) is 6.61 Å². The summed E-state index contributed by atoms with van der Waals surface area (Å²) in [6.07, 6.45) is 1.87. The molecule has 0 aliphatic carbocycles. The van der Waals surface area contributed by atoms with Gasteiger partial charge >= 0.3 is 5.97 Å². The molecule has 0 saturated carbocycles. The Morgan fingerprint density at radius 3 is 3.00 bits per heavy atom. The normalized spacial score (nSPS) is 12.1. The summed E-state index contributed by atoms with van der Waals surface area (Å²) in [6, 6.07) is 4.39. The van der Waals surface area contributed by atoms with Crippen molar-refractivity contribution >= 4 is 5.97 Å². The van der Waals surface area contributed by atoms with Crippen LogP contribution in [0.2, 0.25) is 0 Å². The van der Waals surface area contributed by atoms with E-state index in [-0.39, 0.29) is 13.0 Å². The zero-order chi connectivity index (χ0) is 10.4. The summed E-state index contributed by atoms with van der Waals surface area (Å²) in [4.78, 5) is 14.3. The zero-order valence-corrected chi connectivity index (χ0v) is 7.59. The van der Waals surface area contributed by atoms with Crippen molar-refractivity contribution < 1.29 is 14.6 Å². The zero-order valence-electron chi connectivity index (χ0n) is 7.59. The number of aliphatic carboxylic acids is 1. The summed E-state index contributed by atoms with van der Waals surface area (Å²) < 4.78 is 5.17. The third kappa shape index (κ3) is 3.40. The van der Waals surface area contributed by atoms with E-state index in [9.17, 15) is 4.79 Å². The fourth-order valence-electron chi connectivity index (χ4n) is 0.846. The molecule has 1 aromatic heterocycles. The van der Waals surface area contributed by atoms with Crippen molar-refractivity contribution in [1.29, 1.82) is 0 Å². The fraction of sp³-hybridized carbons (Fsp3) is 0.333. The molecule has 1 heterocycles. The average Bonchev–Trinajstić information content (AvgIpc) is 2.19. The Labute approximate surface area is 81.5 Å². The number of carboxylic acid groups (broad SMARTS) is 1. The summed E-state index contributed by atoms with van der Waals surface area (Å²) in [6.45, 7) is 0.254. The van der Waals surface area contributed by atoms with Crippen molar-refractivity contribution in [3.05, 3.63) is 24.4 Å². The highest BCUT2D eigenvalue weighted by Gasteiger charge is 2.10. The summed E-state index contributed by atoms with van der Waals surface area (Å²) in [7, 11) is 0. The predicted molar refractivity (Wildman–Crippen MR) is 50.0 cm³/mol. The largest absolute Gasteiger partial charge is 0.480 e. The molecule has 1 atom stereocenters. The molecule has 0 amide bonds. The number of nitrogens with two attached hydrogens (primary N) is 1. The van der Waals surface area contributed by atoms with Gasteiger partial charge in [-0.25, -0.2) is 4.98 Å². The molecule has 5 heteroatoms. The minimum absolute atomic E-state index is 0.254. The van der Waals surface area contributed by atoms with E-state index < -0.39 is 12.0 Å². The van der Waals surface area contributed by atoms with Crippen molar-refractivity contribution in [1.82, 2.24) is 4.98 Å². The van der Waals surface area contributed by atoms with Crippen LogP contribution in [0.25, 0.3) is 0 Å². The molecule has 76 valence electrons. The van der Waals surface area contributed by atoms with Crippen LogP contribution in [-0.4, -0.2) is 28.7 Å². The van der Waals surface area contributed by atoms with Crippen LogP contribution >= 0.6 is 0 Å². The molecule has 0 unspecified atom stereocenters. The number of aromatic nitrogens is 1. The van der Waals surface area contributed by atoms with Gasteiger partial charge in [0.05, 0.1) is 6.61 Å². The number of hydrogen-bond acceptors (Lipinski definition) is 4. The van der Waals surface area contributed by atoms with Crippen LogP contribution in [0.5, 0.6) is 5.88 Å². The molecular formula is C9H12N2O3. The number of carboxylic acids is 1. The lowest BCUT2D eigenvalue weighted by molar-refractivity contribution is -0.138. The van der Waals surface area contributed by atoms with Crippen molar-refractivity contribution in [2.24, 2.45) is 5.73 Å². The highest BCUT2D eigenvalue weighted by Crippen LogP contribution is 2.03. The predicted octanol–water partition coefficient (Wildman–Crippen LogP) is 0.262. The van der Waals surface area contributed by atoms with Crippen LogP contribution in [0, 0.1) is 0 Å². The second kappa shape index (κ2) is 5.18. The van der Waals surface area contributed by atoms with Gasteiger partial charge in [0.1, 0.15) is 6.04 Å². The monoisotopic (exact) mass is 196 g/mol.